The molecule has 0 aliphatic carbocycles. The lowest BCUT2D eigenvalue weighted by Gasteiger charge is -2.04. The number of hydrogen-bond acceptors (Lipinski definition) is 3. The van der Waals surface area contributed by atoms with Gasteiger partial charge in [0.2, 0.25) is 0 Å². The van der Waals surface area contributed by atoms with Crippen molar-refractivity contribution in [3.8, 4) is 0 Å². The first kappa shape index (κ1) is 13.2. The van der Waals surface area contributed by atoms with Gasteiger partial charge in [-0.15, -0.1) is 0 Å². The second kappa shape index (κ2) is 5.99. The van der Waals surface area contributed by atoms with Crippen LogP contribution in [0.5, 0.6) is 0 Å². The quantitative estimate of drug-likeness (QED) is 0.481. The van der Waals surface area contributed by atoms with E-state index in [1.54, 1.807) is 6.92 Å². The van der Waals surface area contributed by atoms with Gasteiger partial charge in [0.1, 0.15) is 0 Å². The van der Waals surface area contributed by atoms with E-state index in [9.17, 15) is 9.59 Å². The van der Waals surface area contributed by atoms with Crippen LogP contribution in [0.4, 0.5) is 5.69 Å². The molecule has 0 saturated carbocycles. The second-order valence-electron chi connectivity index (χ2n) is 3.90. The van der Waals surface area contributed by atoms with Crippen LogP contribution in [-0.2, 0) is 9.59 Å². The summed E-state index contributed by atoms with van der Waals surface area (Å²) in [6, 6.07) is 7.73. The van der Waals surface area contributed by atoms with Crippen LogP contribution in [0.2, 0.25) is 0 Å². The maximum Gasteiger partial charge on any atom is 0.167 e. The van der Waals surface area contributed by atoms with Crippen molar-refractivity contribution in [3.05, 3.63) is 41.6 Å². The van der Waals surface area contributed by atoms with E-state index in [0.717, 1.165) is 11.3 Å². The smallest absolute Gasteiger partial charge is 0.167 e. The summed E-state index contributed by atoms with van der Waals surface area (Å²) in [6.45, 7) is 5.14. The number of nitrogens with one attached hydrogen (secondary N) is 1. The lowest BCUT2D eigenvalue weighted by Crippen LogP contribution is -2.10. The molecule has 1 rings (SSSR count). The summed E-state index contributed by atoms with van der Waals surface area (Å²) in [7, 11) is 0. The largest absolute Gasteiger partial charge is 0.361 e. The Hall–Kier alpha value is -1.90. The number of rotatable bonds is 5. The van der Waals surface area contributed by atoms with Crippen LogP contribution in [0.1, 0.15) is 25.8 Å². The molecule has 0 heterocycles. The van der Waals surface area contributed by atoms with Gasteiger partial charge in [0.05, 0.1) is 5.57 Å². The molecule has 0 aliphatic rings. The number of allylic oxidation sites excluding steroid dienone is 1. The Morgan fingerprint density at radius 1 is 1.24 bits per heavy atom. The molecule has 1 aromatic rings. The number of hydrogen-bond donors (Lipinski definition) is 1. The predicted molar refractivity (Wildman–Crippen MR) is 68.9 cm³/mol. The van der Waals surface area contributed by atoms with E-state index in [2.05, 4.69) is 5.32 Å². The lowest BCUT2D eigenvalue weighted by molar-refractivity contribution is -0.120. The Labute approximate surface area is 102 Å². The van der Waals surface area contributed by atoms with Gasteiger partial charge in [0, 0.05) is 18.3 Å². The third-order valence-corrected chi connectivity index (χ3v) is 2.44. The number of carbonyl (C=O) groups is 2. The topological polar surface area (TPSA) is 46.2 Å². The predicted octanol–water partition coefficient (Wildman–Crippen LogP) is 2.86. The highest BCUT2D eigenvalue weighted by Gasteiger charge is 2.11. The van der Waals surface area contributed by atoms with Gasteiger partial charge >= 0.3 is 0 Å². The average molecular weight is 231 g/mol. The van der Waals surface area contributed by atoms with Crippen molar-refractivity contribution in [2.75, 3.05) is 5.32 Å². The molecular weight excluding hydrogens is 214 g/mol. The Morgan fingerprint density at radius 3 is 2.29 bits per heavy atom. The zero-order valence-corrected chi connectivity index (χ0v) is 10.4. The third kappa shape index (κ3) is 3.87. The van der Waals surface area contributed by atoms with Gasteiger partial charge in [-0.2, -0.15) is 0 Å². The van der Waals surface area contributed by atoms with E-state index in [0.29, 0.717) is 6.42 Å². The molecule has 0 aliphatic heterocycles. The zero-order chi connectivity index (χ0) is 12.8. The minimum Gasteiger partial charge on any atom is -0.361 e. The van der Waals surface area contributed by atoms with Crippen molar-refractivity contribution < 1.29 is 9.59 Å². The molecule has 0 aromatic heterocycles. The van der Waals surface area contributed by atoms with E-state index in [-0.39, 0.29) is 17.1 Å². The molecule has 0 fully saturated rings. The van der Waals surface area contributed by atoms with Gasteiger partial charge in [-0.3, -0.25) is 9.59 Å². The van der Waals surface area contributed by atoms with E-state index in [4.69, 9.17) is 0 Å². The maximum atomic E-state index is 11.5. The van der Waals surface area contributed by atoms with Crippen molar-refractivity contribution in [1.29, 1.82) is 0 Å². The van der Waals surface area contributed by atoms with Crippen LogP contribution in [-0.4, -0.2) is 11.6 Å². The molecule has 0 unspecified atom stereocenters. The highest BCUT2D eigenvalue weighted by atomic mass is 16.1. The Kier molecular flexibility index (Phi) is 4.64. The Bertz CT molecular complexity index is 444. The lowest BCUT2D eigenvalue weighted by atomic mass is 10.1. The maximum absolute atomic E-state index is 11.5. The van der Waals surface area contributed by atoms with Crippen molar-refractivity contribution >= 4 is 17.3 Å². The molecule has 1 N–H and O–H groups in total. The first-order chi connectivity index (χ1) is 8.04. The molecule has 1 aromatic carbocycles. The first-order valence-corrected chi connectivity index (χ1v) is 5.62. The van der Waals surface area contributed by atoms with Gasteiger partial charge < -0.3 is 5.32 Å². The highest BCUT2D eigenvalue weighted by molar-refractivity contribution is 6.19. The van der Waals surface area contributed by atoms with Crippen molar-refractivity contribution in [2.45, 2.75) is 27.2 Å². The normalized spacial score (nSPS) is 11.1. The van der Waals surface area contributed by atoms with Crippen LogP contribution in [0, 0.1) is 6.92 Å². The minimum absolute atomic E-state index is 0.142. The van der Waals surface area contributed by atoms with Crippen LogP contribution in [0.15, 0.2) is 36.0 Å². The number of aryl methyl sites for hydroxylation is 1. The van der Waals surface area contributed by atoms with Crippen molar-refractivity contribution in [3.63, 3.8) is 0 Å². The molecule has 3 heteroatoms. The highest BCUT2D eigenvalue weighted by Crippen LogP contribution is 2.10. The molecule has 0 spiro atoms. The number of ketones is 2. The summed E-state index contributed by atoms with van der Waals surface area (Å²) >= 11 is 0. The van der Waals surface area contributed by atoms with E-state index in [1.807, 2.05) is 31.2 Å². The zero-order valence-electron chi connectivity index (χ0n) is 10.4. The van der Waals surface area contributed by atoms with Crippen LogP contribution < -0.4 is 5.32 Å². The van der Waals surface area contributed by atoms with Crippen molar-refractivity contribution in [2.24, 2.45) is 0 Å². The third-order valence-electron chi connectivity index (χ3n) is 2.44. The number of benzene rings is 1. The summed E-state index contributed by atoms with van der Waals surface area (Å²) in [5, 5.41) is 2.96. The SMILES string of the molecule is CCC(=O)/C(=C\Nc1ccc(C)cc1)C(C)=O. The van der Waals surface area contributed by atoms with Crippen molar-refractivity contribution in [1.82, 2.24) is 0 Å². The summed E-state index contributed by atoms with van der Waals surface area (Å²) in [6.07, 6.45) is 1.82. The number of carbonyl (C=O) groups excluding carboxylic acids is 2. The van der Waals surface area contributed by atoms with E-state index in [1.165, 1.54) is 13.1 Å². The Morgan fingerprint density at radius 2 is 1.82 bits per heavy atom. The molecule has 0 saturated heterocycles. The standard InChI is InChI=1S/C14H17NO2/c1-4-14(17)13(11(3)16)9-15-12-7-5-10(2)6-8-12/h5-9,15H,4H2,1-3H3/b13-9-. The summed E-state index contributed by atoms with van der Waals surface area (Å²) in [4.78, 5) is 22.8. The van der Waals surface area contributed by atoms with Crippen LogP contribution in [0.3, 0.4) is 0 Å². The summed E-state index contributed by atoms with van der Waals surface area (Å²) < 4.78 is 0. The average Bonchev–Trinajstić information content (AvgIpc) is 2.31. The van der Waals surface area contributed by atoms with E-state index >= 15 is 0 Å². The van der Waals surface area contributed by atoms with Gasteiger partial charge in [-0.05, 0) is 26.0 Å². The molecule has 0 amide bonds. The number of Topliss-reactive ketones (excluding diaryl/α,β-unsaturated/α-hetero) is 2. The fourth-order valence-corrected chi connectivity index (χ4v) is 1.37. The fraction of sp³-hybridized carbons (Fsp3) is 0.286. The van der Waals surface area contributed by atoms with Gasteiger partial charge in [0.25, 0.3) is 0 Å². The van der Waals surface area contributed by atoms with E-state index < -0.39 is 0 Å². The van der Waals surface area contributed by atoms with Gasteiger partial charge in [0.15, 0.2) is 11.6 Å². The summed E-state index contributed by atoms with van der Waals surface area (Å²) in [5.41, 5.74) is 2.24. The molecule has 0 radical (unpaired) electrons. The Balaban J connectivity index is 2.83. The molecule has 17 heavy (non-hydrogen) atoms. The van der Waals surface area contributed by atoms with Crippen LogP contribution >= 0.6 is 0 Å². The molecular formula is C14H17NO2. The van der Waals surface area contributed by atoms with Gasteiger partial charge in [-0.25, -0.2) is 0 Å². The number of anilines is 1. The minimum atomic E-state index is -0.212. The van der Waals surface area contributed by atoms with Gasteiger partial charge in [-0.1, -0.05) is 24.6 Å². The summed E-state index contributed by atoms with van der Waals surface area (Å²) in [5.74, 6) is -0.353. The molecule has 0 atom stereocenters. The molecule has 90 valence electrons. The van der Waals surface area contributed by atoms with Crippen LogP contribution in [0.25, 0.3) is 0 Å². The molecule has 0 bridgehead atoms. The monoisotopic (exact) mass is 231 g/mol. The fourth-order valence-electron chi connectivity index (χ4n) is 1.37. The first-order valence-electron chi connectivity index (χ1n) is 5.62. The molecule has 3 nitrogen and oxygen atoms in total. The second-order valence-corrected chi connectivity index (χ2v) is 3.90.